The largest absolute Gasteiger partial charge is 0.378 e. The molecule has 1 amide bonds. The molecule has 3 rings (SSSR count). The van der Waals surface area contributed by atoms with Gasteiger partial charge in [-0.2, -0.15) is 4.57 Å². The summed E-state index contributed by atoms with van der Waals surface area (Å²) in [5.74, 6) is -0.152. The molecule has 0 spiro atoms. The SMILES string of the molecule is CC(=O)c1ccc[n+]([C@@H](C)C(=O)Nc2ccc(N3CCOCC3)cc2)c1. The molecule has 0 bridgehead atoms. The number of hydrogen-bond donors (Lipinski definition) is 1. The van der Waals surface area contributed by atoms with Crippen LogP contribution in [-0.2, 0) is 9.53 Å². The topological polar surface area (TPSA) is 62.5 Å². The lowest BCUT2D eigenvalue weighted by Gasteiger charge is -2.28. The summed E-state index contributed by atoms with van der Waals surface area (Å²) >= 11 is 0. The highest BCUT2D eigenvalue weighted by molar-refractivity contribution is 5.94. The Morgan fingerprint density at radius 1 is 1.15 bits per heavy atom. The highest BCUT2D eigenvalue weighted by atomic mass is 16.5. The van der Waals surface area contributed by atoms with Crippen molar-refractivity contribution in [3.63, 3.8) is 0 Å². The molecule has 1 aromatic heterocycles. The van der Waals surface area contributed by atoms with Crippen LogP contribution in [0.4, 0.5) is 11.4 Å². The number of aromatic nitrogens is 1. The van der Waals surface area contributed by atoms with Gasteiger partial charge < -0.3 is 15.0 Å². The first-order chi connectivity index (χ1) is 12.5. The van der Waals surface area contributed by atoms with Crippen molar-refractivity contribution in [3.05, 3.63) is 54.4 Å². The fourth-order valence-electron chi connectivity index (χ4n) is 2.90. The number of amides is 1. The Hall–Kier alpha value is -2.73. The van der Waals surface area contributed by atoms with Gasteiger partial charge in [0.2, 0.25) is 6.04 Å². The second kappa shape index (κ2) is 8.10. The van der Waals surface area contributed by atoms with E-state index >= 15 is 0 Å². The second-order valence-electron chi connectivity index (χ2n) is 6.41. The third-order valence-corrected chi connectivity index (χ3v) is 4.57. The zero-order chi connectivity index (χ0) is 18.5. The molecule has 136 valence electrons. The van der Waals surface area contributed by atoms with Gasteiger partial charge in [0.1, 0.15) is 0 Å². The number of rotatable bonds is 5. The first-order valence-electron chi connectivity index (χ1n) is 8.80. The number of Topliss-reactive ketones (excluding diaryl/α,β-unsaturated/α-hetero) is 1. The van der Waals surface area contributed by atoms with Crippen molar-refractivity contribution in [1.29, 1.82) is 0 Å². The summed E-state index contributed by atoms with van der Waals surface area (Å²) in [6.45, 7) is 6.57. The van der Waals surface area contributed by atoms with Gasteiger partial charge in [-0.3, -0.25) is 9.59 Å². The molecule has 1 N–H and O–H groups in total. The predicted molar refractivity (Wildman–Crippen MR) is 99.5 cm³/mol. The Balaban J connectivity index is 1.65. The lowest BCUT2D eigenvalue weighted by molar-refractivity contribution is -0.705. The van der Waals surface area contributed by atoms with Crippen LogP contribution in [0.2, 0.25) is 0 Å². The van der Waals surface area contributed by atoms with E-state index in [1.165, 1.54) is 6.92 Å². The number of ether oxygens (including phenoxy) is 1. The van der Waals surface area contributed by atoms with E-state index in [2.05, 4.69) is 10.2 Å². The number of hydrogen-bond acceptors (Lipinski definition) is 4. The molecule has 0 saturated carbocycles. The maximum atomic E-state index is 12.5. The van der Waals surface area contributed by atoms with Gasteiger partial charge in [-0.1, -0.05) is 0 Å². The number of nitrogens with zero attached hydrogens (tertiary/aromatic N) is 2. The van der Waals surface area contributed by atoms with Crippen molar-refractivity contribution < 1.29 is 18.9 Å². The molecule has 0 unspecified atom stereocenters. The van der Waals surface area contributed by atoms with Crippen molar-refractivity contribution >= 4 is 23.1 Å². The Labute approximate surface area is 153 Å². The summed E-state index contributed by atoms with van der Waals surface area (Å²) in [5, 5.41) is 2.93. The Morgan fingerprint density at radius 3 is 2.50 bits per heavy atom. The van der Waals surface area contributed by atoms with Crippen LogP contribution >= 0.6 is 0 Å². The standard InChI is InChI=1S/C20H23N3O3/c1-15(23-9-3-4-17(14-23)16(2)24)20(25)21-18-5-7-19(8-6-18)22-10-12-26-13-11-22/h3-9,14-15H,10-13H2,1-2H3/p+1/t15-/m0/s1. The van der Waals surface area contributed by atoms with Crippen LogP contribution in [-0.4, -0.2) is 38.0 Å². The highest BCUT2D eigenvalue weighted by Crippen LogP contribution is 2.19. The van der Waals surface area contributed by atoms with Gasteiger partial charge in [-0.15, -0.1) is 0 Å². The monoisotopic (exact) mass is 354 g/mol. The van der Waals surface area contributed by atoms with Gasteiger partial charge in [0.05, 0.1) is 18.8 Å². The van der Waals surface area contributed by atoms with Crippen LogP contribution < -0.4 is 14.8 Å². The lowest BCUT2D eigenvalue weighted by Crippen LogP contribution is -2.44. The number of pyridine rings is 1. The summed E-state index contributed by atoms with van der Waals surface area (Å²) in [6, 6.07) is 10.9. The second-order valence-corrected chi connectivity index (χ2v) is 6.41. The first-order valence-corrected chi connectivity index (χ1v) is 8.80. The number of morpholine rings is 1. The lowest BCUT2D eigenvalue weighted by atomic mass is 10.2. The van der Waals surface area contributed by atoms with Gasteiger partial charge in [-0.05, 0) is 37.3 Å². The van der Waals surface area contributed by atoms with Crippen molar-refractivity contribution in [2.45, 2.75) is 19.9 Å². The number of carbonyl (C=O) groups excluding carboxylic acids is 2. The van der Waals surface area contributed by atoms with E-state index in [4.69, 9.17) is 4.74 Å². The molecule has 0 aliphatic carbocycles. The zero-order valence-corrected chi connectivity index (χ0v) is 15.1. The van der Waals surface area contributed by atoms with E-state index in [0.717, 1.165) is 37.7 Å². The number of benzene rings is 1. The Bertz CT molecular complexity index is 783. The quantitative estimate of drug-likeness (QED) is 0.661. The van der Waals surface area contributed by atoms with Crippen LogP contribution in [0.3, 0.4) is 0 Å². The molecule has 6 nitrogen and oxygen atoms in total. The Kier molecular flexibility index (Phi) is 5.63. The van der Waals surface area contributed by atoms with E-state index in [0.29, 0.717) is 5.56 Å². The molecule has 6 heteroatoms. The summed E-state index contributed by atoms with van der Waals surface area (Å²) in [4.78, 5) is 26.3. The van der Waals surface area contributed by atoms with Crippen molar-refractivity contribution in [2.24, 2.45) is 0 Å². The van der Waals surface area contributed by atoms with Crippen molar-refractivity contribution in [1.82, 2.24) is 0 Å². The molecule has 2 aromatic rings. The average Bonchev–Trinajstić information content (AvgIpc) is 2.68. The maximum absolute atomic E-state index is 12.5. The van der Waals surface area contributed by atoms with E-state index in [1.807, 2.05) is 24.3 Å². The van der Waals surface area contributed by atoms with Crippen LogP contribution in [0.5, 0.6) is 0 Å². The molecular formula is C20H24N3O3+. The third-order valence-electron chi connectivity index (χ3n) is 4.57. The van der Waals surface area contributed by atoms with E-state index in [9.17, 15) is 9.59 Å². The summed E-state index contributed by atoms with van der Waals surface area (Å²) in [6.07, 6.45) is 3.49. The highest BCUT2D eigenvalue weighted by Gasteiger charge is 2.23. The maximum Gasteiger partial charge on any atom is 0.293 e. The van der Waals surface area contributed by atoms with Gasteiger partial charge in [0, 0.05) is 37.5 Å². The molecule has 1 saturated heterocycles. The number of anilines is 2. The fourth-order valence-corrected chi connectivity index (χ4v) is 2.90. The minimum absolute atomic E-state index is 0.0225. The zero-order valence-electron chi connectivity index (χ0n) is 15.1. The van der Waals surface area contributed by atoms with Crippen LogP contribution in [0.15, 0.2) is 48.8 Å². The van der Waals surface area contributed by atoms with E-state index in [-0.39, 0.29) is 11.7 Å². The smallest absolute Gasteiger partial charge is 0.293 e. The molecule has 1 aliphatic rings. The van der Waals surface area contributed by atoms with Gasteiger partial charge in [0.15, 0.2) is 18.2 Å². The molecule has 26 heavy (non-hydrogen) atoms. The normalized spacial score (nSPS) is 15.4. The number of nitrogens with one attached hydrogen (secondary N) is 1. The molecule has 1 atom stereocenters. The summed E-state index contributed by atoms with van der Waals surface area (Å²) in [7, 11) is 0. The van der Waals surface area contributed by atoms with Gasteiger partial charge in [-0.25, -0.2) is 0 Å². The third kappa shape index (κ3) is 4.26. The van der Waals surface area contributed by atoms with E-state index in [1.54, 1.807) is 36.0 Å². The molecule has 2 heterocycles. The predicted octanol–water partition coefficient (Wildman–Crippen LogP) is 2.21. The summed E-state index contributed by atoms with van der Waals surface area (Å²) in [5.41, 5.74) is 2.46. The van der Waals surface area contributed by atoms with Crippen molar-refractivity contribution in [3.8, 4) is 0 Å². The summed E-state index contributed by atoms with van der Waals surface area (Å²) < 4.78 is 7.11. The van der Waals surface area contributed by atoms with Crippen molar-refractivity contribution in [2.75, 3.05) is 36.5 Å². The molecule has 1 aromatic carbocycles. The molecule has 1 fully saturated rings. The average molecular weight is 354 g/mol. The van der Waals surface area contributed by atoms with Gasteiger partial charge >= 0.3 is 0 Å². The number of ketones is 1. The molecule has 1 aliphatic heterocycles. The van der Waals surface area contributed by atoms with Gasteiger partial charge in [0.25, 0.3) is 5.91 Å². The van der Waals surface area contributed by atoms with E-state index < -0.39 is 6.04 Å². The first kappa shape index (κ1) is 18.1. The molecule has 0 radical (unpaired) electrons. The van der Waals surface area contributed by atoms with Crippen LogP contribution in [0.25, 0.3) is 0 Å². The van der Waals surface area contributed by atoms with Crippen LogP contribution in [0.1, 0.15) is 30.2 Å². The Morgan fingerprint density at radius 2 is 1.85 bits per heavy atom. The van der Waals surface area contributed by atoms with Crippen LogP contribution in [0, 0.1) is 0 Å². The number of carbonyl (C=O) groups is 2. The molecular weight excluding hydrogens is 330 g/mol. The minimum Gasteiger partial charge on any atom is -0.378 e. The minimum atomic E-state index is -0.423. The fraction of sp³-hybridized carbons (Fsp3) is 0.350.